The average Bonchev–Trinajstić information content (AvgIpc) is 2.58. The van der Waals surface area contributed by atoms with E-state index in [1.807, 2.05) is 13.8 Å². The summed E-state index contributed by atoms with van der Waals surface area (Å²) in [5.41, 5.74) is -0.371. The van der Waals surface area contributed by atoms with Crippen molar-refractivity contribution >= 4 is 17.5 Å². The molecule has 0 atom stereocenters. The number of hydrogen-bond acceptors (Lipinski definition) is 3. The third-order valence-electron chi connectivity index (χ3n) is 5.42. The summed E-state index contributed by atoms with van der Waals surface area (Å²) in [6, 6.07) is 6.00. The molecule has 0 bridgehead atoms. The van der Waals surface area contributed by atoms with Crippen molar-refractivity contribution < 1.29 is 18.4 Å². The van der Waals surface area contributed by atoms with E-state index < -0.39 is 11.7 Å². The monoisotopic (exact) mass is 379 g/mol. The molecule has 0 unspecified atom stereocenters. The number of likely N-dealkylation sites (tertiary alicyclic amines) is 1. The summed E-state index contributed by atoms with van der Waals surface area (Å²) in [5, 5.41) is 6.15. The van der Waals surface area contributed by atoms with Crippen LogP contribution in [-0.2, 0) is 9.59 Å². The van der Waals surface area contributed by atoms with Crippen molar-refractivity contribution in [2.45, 2.75) is 57.3 Å². The summed E-state index contributed by atoms with van der Waals surface area (Å²) in [6.07, 6.45) is 0.569. The van der Waals surface area contributed by atoms with Crippen molar-refractivity contribution in [3.05, 3.63) is 30.1 Å². The fourth-order valence-electron chi connectivity index (χ4n) is 3.77. The quantitative estimate of drug-likeness (QED) is 0.827. The van der Waals surface area contributed by atoms with Crippen LogP contribution in [0.2, 0.25) is 0 Å². The highest BCUT2D eigenvalue weighted by molar-refractivity contribution is 5.90. The Kier molecular flexibility index (Phi) is 5.67. The Balaban J connectivity index is 1.72. The number of rotatable bonds is 5. The first-order valence-corrected chi connectivity index (χ1v) is 9.57. The molecule has 1 saturated carbocycles. The van der Waals surface area contributed by atoms with Gasteiger partial charge >= 0.3 is 0 Å². The van der Waals surface area contributed by atoms with Gasteiger partial charge in [-0.25, -0.2) is 8.78 Å². The standard InChI is InChI=1S/C20H27F2N3O2/c1-13(2)23-19(27)20(24-17-5-3-4-15(21)12-17)6-8-25(9-7-20)18(26)14-10-16(22)11-14/h3-5,12-14,16,24H,6-11H2,1-2H3,(H,23,27). The van der Waals surface area contributed by atoms with Gasteiger partial charge in [-0.2, -0.15) is 0 Å². The molecule has 5 nitrogen and oxygen atoms in total. The van der Waals surface area contributed by atoms with E-state index in [-0.39, 0.29) is 29.6 Å². The molecule has 1 aliphatic carbocycles. The van der Waals surface area contributed by atoms with Crippen molar-refractivity contribution in [2.75, 3.05) is 18.4 Å². The Morgan fingerprint density at radius 3 is 2.44 bits per heavy atom. The van der Waals surface area contributed by atoms with E-state index in [0.29, 0.717) is 44.5 Å². The minimum Gasteiger partial charge on any atom is -0.371 e. The summed E-state index contributed by atoms with van der Waals surface area (Å²) in [7, 11) is 0. The smallest absolute Gasteiger partial charge is 0.246 e. The lowest BCUT2D eigenvalue weighted by Gasteiger charge is -2.44. The highest BCUT2D eigenvalue weighted by Gasteiger charge is 2.44. The van der Waals surface area contributed by atoms with Crippen LogP contribution in [0, 0.1) is 11.7 Å². The van der Waals surface area contributed by atoms with Crippen LogP contribution in [-0.4, -0.2) is 47.6 Å². The molecular weight excluding hydrogens is 352 g/mol. The zero-order valence-electron chi connectivity index (χ0n) is 15.8. The van der Waals surface area contributed by atoms with Crippen LogP contribution in [0.1, 0.15) is 39.5 Å². The molecule has 2 aliphatic rings. The minimum absolute atomic E-state index is 0.0208. The van der Waals surface area contributed by atoms with Crippen molar-refractivity contribution in [3.63, 3.8) is 0 Å². The molecule has 3 rings (SSSR count). The highest BCUT2D eigenvalue weighted by atomic mass is 19.1. The van der Waals surface area contributed by atoms with E-state index >= 15 is 0 Å². The van der Waals surface area contributed by atoms with Gasteiger partial charge in [-0.3, -0.25) is 9.59 Å². The molecule has 148 valence electrons. The Labute approximate surface area is 158 Å². The fraction of sp³-hybridized carbons (Fsp3) is 0.600. The predicted molar refractivity (Wildman–Crippen MR) is 99.5 cm³/mol. The van der Waals surface area contributed by atoms with Crippen LogP contribution < -0.4 is 10.6 Å². The molecule has 1 aliphatic heterocycles. The number of nitrogens with zero attached hydrogens (tertiary/aromatic N) is 1. The van der Waals surface area contributed by atoms with Crippen LogP contribution >= 0.6 is 0 Å². The van der Waals surface area contributed by atoms with Gasteiger partial charge in [-0.05, 0) is 57.7 Å². The number of alkyl halides is 1. The molecule has 0 spiro atoms. The van der Waals surface area contributed by atoms with Crippen molar-refractivity contribution in [1.29, 1.82) is 0 Å². The van der Waals surface area contributed by atoms with Crippen LogP contribution in [0.3, 0.4) is 0 Å². The maximum Gasteiger partial charge on any atom is 0.246 e. The number of carbonyl (C=O) groups excluding carboxylic acids is 2. The Morgan fingerprint density at radius 1 is 1.22 bits per heavy atom. The van der Waals surface area contributed by atoms with Gasteiger partial charge in [0.1, 0.15) is 17.5 Å². The molecule has 0 aromatic heterocycles. The number of anilines is 1. The average molecular weight is 379 g/mol. The van der Waals surface area contributed by atoms with E-state index in [9.17, 15) is 18.4 Å². The number of amides is 2. The summed E-state index contributed by atoms with van der Waals surface area (Å²) < 4.78 is 26.6. The molecule has 0 radical (unpaired) electrons. The van der Waals surface area contributed by atoms with E-state index in [2.05, 4.69) is 10.6 Å². The zero-order valence-corrected chi connectivity index (χ0v) is 15.8. The van der Waals surface area contributed by atoms with E-state index in [1.165, 1.54) is 12.1 Å². The van der Waals surface area contributed by atoms with Gasteiger partial charge in [0.2, 0.25) is 11.8 Å². The number of benzene rings is 1. The fourth-order valence-corrected chi connectivity index (χ4v) is 3.77. The molecular formula is C20H27F2N3O2. The van der Waals surface area contributed by atoms with E-state index in [1.54, 1.807) is 17.0 Å². The SMILES string of the molecule is CC(C)NC(=O)C1(Nc2cccc(F)c2)CCN(C(=O)C2CC(F)C2)CC1. The lowest BCUT2D eigenvalue weighted by Crippen LogP contribution is -2.60. The topological polar surface area (TPSA) is 61.4 Å². The molecule has 27 heavy (non-hydrogen) atoms. The van der Waals surface area contributed by atoms with Gasteiger partial charge in [-0.15, -0.1) is 0 Å². The third kappa shape index (κ3) is 4.39. The molecule has 1 saturated heterocycles. The second-order valence-electron chi connectivity index (χ2n) is 7.94. The molecule has 2 N–H and O–H groups in total. The Hall–Kier alpha value is -2.18. The molecule has 2 fully saturated rings. The maximum absolute atomic E-state index is 13.6. The van der Waals surface area contributed by atoms with Gasteiger partial charge in [-0.1, -0.05) is 6.07 Å². The van der Waals surface area contributed by atoms with Crippen LogP contribution in [0.15, 0.2) is 24.3 Å². The zero-order chi connectivity index (χ0) is 19.6. The number of piperidine rings is 1. The van der Waals surface area contributed by atoms with Gasteiger partial charge in [0.05, 0.1) is 0 Å². The van der Waals surface area contributed by atoms with Crippen molar-refractivity contribution in [2.24, 2.45) is 5.92 Å². The normalized spacial score (nSPS) is 24.3. The molecule has 2 amide bonds. The van der Waals surface area contributed by atoms with Crippen LogP contribution in [0.25, 0.3) is 0 Å². The largest absolute Gasteiger partial charge is 0.371 e. The van der Waals surface area contributed by atoms with Crippen LogP contribution in [0.5, 0.6) is 0 Å². The number of hydrogen-bond donors (Lipinski definition) is 2. The van der Waals surface area contributed by atoms with E-state index in [4.69, 9.17) is 0 Å². The predicted octanol–water partition coefficient (Wildman–Crippen LogP) is 2.87. The van der Waals surface area contributed by atoms with Gasteiger partial charge in [0.25, 0.3) is 0 Å². The summed E-state index contributed by atoms with van der Waals surface area (Å²) in [4.78, 5) is 27.1. The van der Waals surface area contributed by atoms with Crippen molar-refractivity contribution in [3.8, 4) is 0 Å². The third-order valence-corrected chi connectivity index (χ3v) is 5.42. The first-order valence-electron chi connectivity index (χ1n) is 9.57. The second-order valence-corrected chi connectivity index (χ2v) is 7.94. The first-order chi connectivity index (χ1) is 12.8. The Bertz CT molecular complexity index is 696. The molecule has 1 aromatic rings. The summed E-state index contributed by atoms with van der Waals surface area (Å²) in [6.45, 7) is 4.60. The lowest BCUT2D eigenvalue weighted by atomic mass is 9.80. The summed E-state index contributed by atoms with van der Waals surface area (Å²) >= 11 is 0. The van der Waals surface area contributed by atoms with E-state index in [0.717, 1.165) is 0 Å². The minimum atomic E-state index is -0.906. The van der Waals surface area contributed by atoms with Crippen molar-refractivity contribution in [1.82, 2.24) is 10.2 Å². The molecule has 7 heteroatoms. The summed E-state index contributed by atoms with van der Waals surface area (Å²) in [5.74, 6) is -0.778. The number of carbonyl (C=O) groups is 2. The van der Waals surface area contributed by atoms with Gasteiger partial charge in [0.15, 0.2) is 0 Å². The lowest BCUT2D eigenvalue weighted by molar-refractivity contribution is -0.143. The number of nitrogens with one attached hydrogen (secondary N) is 2. The Morgan fingerprint density at radius 2 is 1.89 bits per heavy atom. The number of halogens is 2. The first kappa shape index (κ1) is 19.6. The van der Waals surface area contributed by atoms with Crippen LogP contribution in [0.4, 0.5) is 14.5 Å². The molecule has 1 heterocycles. The second kappa shape index (κ2) is 7.82. The van der Waals surface area contributed by atoms with Gasteiger partial charge < -0.3 is 15.5 Å². The highest BCUT2D eigenvalue weighted by Crippen LogP contribution is 2.34. The maximum atomic E-state index is 13.6. The van der Waals surface area contributed by atoms with Gasteiger partial charge in [0, 0.05) is 30.7 Å². The molecule has 1 aromatic carbocycles.